The number of methoxy groups -OCH3 is 2. The molecular formula is C26H28N4O5S2. The Labute approximate surface area is 220 Å². The van der Waals surface area contributed by atoms with Gasteiger partial charge in [0.15, 0.2) is 5.13 Å². The van der Waals surface area contributed by atoms with Gasteiger partial charge in [-0.15, -0.1) is 0 Å². The summed E-state index contributed by atoms with van der Waals surface area (Å²) in [6, 6.07) is 15.0. The Kier molecular flexibility index (Phi) is 8.06. The molecule has 0 saturated carbocycles. The highest BCUT2D eigenvalue weighted by Gasteiger charge is 2.26. The number of nitrogens with zero attached hydrogens (tertiary/aromatic N) is 4. The van der Waals surface area contributed by atoms with Gasteiger partial charge in [0.25, 0.3) is 5.91 Å². The molecule has 2 aromatic carbocycles. The summed E-state index contributed by atoms with van der Waals surface area (Å²) in [6.07, 6.45) is 1.66. The van der Waals surface area contributed by atoms with Crippen LogP contribution in [-0.4, -0.2) is 55.9 Å². The number of ether oxygens (including phenoxy) is 2. The average Bonchev–Trinajstić information content (AvgIpc) is 3.37. The van der Waals surface area contributed by atoms with Crippen molar-refractivity contribution in [3.05, 3.63) is 72.1 Å². The lowest BCUT2D eigenvalue weighted by molar-refractivity contribution is 0.0984. The second-order valence-corrected chi connectivity index (χ2v) is 10.9. The molecule has 0 saturated heterocycles. The van der Waals surface area contributed by atoms with Crippen LogP contribution >= 0.6 is 11.3 Å². The van der Waals surface area contributed by atoms with Crippen molar-refractivity contribution in [2.24, 2.45) is 0 Å². The van der Waals surface area contributed by atoms with Crippen molar-refractivity contribution >= 4 is 42.6 Å². The van der Waals surface area contributed by atoms with Gasteiger partial charge < -0.3 is 9.47 Å². The van der Waals surface area contributed by atoms with E-state index < -0.39 is 10.0 Å². The summed E-state index contributed by atoms with van der Waals surface area (Å²) in [4.78, 5) is 24.6. The number of carbonyl (C=O) groups is 1. The van der Waals surface area contributed by atoms with Crippen LogP contribution in [-0.2, 0) is 16.6 Å². The first kappa shape index (κ1) is 26.5. The highest BCUT2D eigenvalue weighted by Crippen LogP contribution is 2.40. The number of benzene rings is 2. The molecule has 0 N–H and O–H groups in total. The molecule has 0 spiro atoms. The first-order chi connectivity index (χ1) is 17.8. The summed E-state index contributed by atoms with van der Waals surface area (Å²) < 4.78 is 38.9. The minimum atomic E-state index is -3.64. The number of rotatable bonds is 10. The zero-order chi connectivity index (χ0) is 26.6. The Morgan fingerprint density at radius 1 is 0.946 bits per heavy atom. The van der Waals surface area contributed by atoms with Crippen molar-refractivity contribution in [1.29, 1.82) is 0 Å². The third-order valence-electron chi connectivity index (χ3n) is 5.87. The molecule has 0 aliphatic rings. The molecule has 0 fully saturated rings. The lowest BCUT2D eigenvalue weighted by atomic mass is 10.2. The van der Waals surface area contributed by atoms with Crippen molar-refractivity contribution in [2.75, 3.05) is 32.2 Å². The van der Waals surface area contributed by atoms with Crippen LogP contribution in [0.2, 0.25) is 0 Å². The quantitative estimate of drug-likeness (QED) is 0.290. The molecule has 4 rings (SSSR count). The maximum absolute atomic E-state index is 13.8. The summed E-state index contributed by atoms with van der Waals surface area (Å²) >= 11 is 1.30. The molecule has 0 unspecified atom stereocenters. The van der Waals surface area contributed by atoms with E-state index in [1.54, 1.807) is 52.5 Å². The first-order valence-corrected chi connectivity index (χ1v) is 13.9. The number of thiazole rings is 1. The molecule has 2 aromatic heterocycles. The Morgan fingerprint density at radius 2 is 1.62 bits per heavy atom. The van der Waals surface area contributed by atoms with Crippen LogP contribution in [0.1, 0.15) is 29.9 Å². The molecule has 2 heterocycles. The monoisotopic (exact) mass is 540 g/mol. The van der Waals surface area contributed by atoms with E-state index in [-0.39, 0.29) is 17.3 Å². The lowest BCUT2D eigenvalue weighted by Gasteiger charge is -2.21. The van der Waals surface area contributed by atoms with Crippen molar-refractivity contribution < 1.29 is 22.7 Å². The number of hydrogen-bond donors (Lipinski definition) is 0. The van der Waals surface area contributed by atoms with E-state index >= 15 is 0 Å². The Hall–Kier alpha value is -3.54. The van der Waals surface area contributed by atoms with E-state index in [9.17, 15) is 13.2 Å². The SMILES string of the molecule is CCN(CC)S(=O)(=O)c1ccc(C(=O)N(Cc2ccccn2)c2nc3c(OC)ccc(OC)c3s2)cc1. The average molecular weight is 541 g/mol. The van der Waals surface area contributed by atoms with Crippen molar-refractivity contribution in [2.45, 2.75) is 25.3 Å². The fourth-order valence-corrected chi connectivity index (χ4v) is 6.44. The molecule has 11 heteroatoms. The molecule has 0 aliphatic heterocycles. The molecule has 0 atom stereocenters. The van der Waals surface area contributed by atoms with E-state index in [0.717, 1.165) is 4.70 Å². The number of carbonyl (C=O) groups excluding carboxylic acids is 1. The predicted octanol–water partition coefficient (Wildman–Crippen LogP) is 4.59. The normalized spacial score (nSPS) is 11.6. The van der Waals surface area contributed by atoms with Gasteiger partial charge in [-0.05, 0) is 48.5 Å². The van der Waals surface area contributed by atoms with Gasteiger partial charge in [-0.25, -0.2) is 13.4 Å². The summed E-state index contributed by atoms with van der Waals surface area (Å²) in [6.45, 7) is 4.47. The maximum atomic E-state index is 13.8. The summed E-state index contributed by atoms with van der Waals surface area (Å²) in [5, 5.41) is 0.438. The van der Waals surface area contributed by atoms with Crippen LogP contribution in [0.5, 0.6) is 11.5 Å². The van der Waals surface area contributed by atoms with E-state index in [1.807, 2.05) is 12.1 Å². The summed E-state index contributed by atoms with van der Waals surface area (Å²) in [7, 11) is -0.502. The second kappa shape index (κ2) is 11.2. The number of anilines is 1. The Morgan fingerprint density at radius 3 is 2.22 bits per heavy atom. The minimum Gasteiger partial charge on any atom is -0.495 e. The molecule has 0 radical (unpaired) electrons. The van der Waals surface area contributed by atoms with Gasteiger partial charge in [-0.3, -0.25) is 14.7 Å². The van der Waals surface area contributed by atoms with Crippen molar-refractivity contribution in [1.82, 2.24) is 14.3 Å². The fraction of sp³-hybridized carbons (Fsp3) is 0.269. The maximum Gasteiger partial charge on any atom is 0.260 e. The zero-order valence-corrected chi connectivity index (χ0v) is 22.7. The van der Waals surface area contributed by atoms with Crippen LogP contribution in [0.3, 0.4) is 0 Å². The van der Waals surface area contributed by atoms with Gasteiger partial charge in [0.05, 0.1) is 31.4 Å². The predicted molar refractivity (Wildman–Crippen MR) is 144 cm³/mol. The zero-order valence-electron chi connectivity index (χ0n) is 21.0. The summed E-state index contributed by atoms with van der Waals surface area (Å²) in [5.41, 5.74) is 1.59. The van der Waals surface area contributed by atoms with Gasteiger partial charge in [0, 0.05) is 24.8 Å². The van der Waals surface area contributed by atoms with Crippen LogP contribution in [0, 0.1) is 0 Å². The fourth-order valence-electron chi connectivity index (χ4n) is 3.91. The third-order valence-corrected chi connectivity index (χ3v) is 9.02. The van der Waals surface area contributed by atoms with E-state index in [0.29, 0.717) is 46.5 Å². The second-order valence-electron chi connectivity index (χ2n) is 7.97. The van der Waals surface area contributed by atoms with Gasteiger partial charge in [0.1, 0.15) is 21.7 Å². The van der Waals surface area contributed by atoms with Crippen LogP contribution in [0.4, 0.5) is 5.13 Å². The van der Waals surface area contributed by atoms with Gasteiger partial charge in [-0.1, -0.05) is 31.3 Å². The van der Waals surface area contributed by atoms with Crippen molar-refractivity contribution in [3.8, 4) is 11.5 Å². The molecule has 1 amide bonds. The van der Waals surface area contributed by atoms with Crippen LogP contribution < -0.4 is 14.4 Å². The Balaban J connectivity index is 1.76. The van der Waals surface area contributed by atoms with Gasteiger partial charge >= 0.3 is 0 Å². The van der Waals surface area contributed by atoms with E-state index in [1.165, 1.54) is 44.8 Å². The number of hydrogen-bond acceptors (Lipinski definition) is 8. The largest absolute Gasteiger partial charge is 0.495 e. The standard InChI is InChI=1S/C26H28N4O5S2/c1-5-29(6-2)37(32,33)20-12-10-18(11-13-20)25(31)30(17-19-9-7-8-16-27-19)26-28-23-21(34-3)14-15-22(35-4)24(23)36-26/h7-16H,5-6,17H2,1-4H3. The highest BCUT2D eigenvalue weighted by molar-refractivity contribution is 7.89. The summed E-state index contributed by atoms with van der Waals surface area (Å²) in [5.74, 6) is 0.847. The van der Waals surface area contributed by atoms with Gasteiger partial charge in [0.2, 0.25) is 10.0 Å². The van der Waals surface area contributed by atoms with E-state index in [4.69, 9.17) is 14.5 Å². The number of fused-ring (bicyclic) bond motifs is 1. The topological polar surface area (TPSA) is 102 Å². The molecular weight excluding hydrogens is 512 g/mol. The molecule has 0 bridgehead atoms. The number of amides is 1. The van der Waals surface area contributed by atoms with Crippen molar-refractivity contribution in [3.63, 3.8) is 0 Å². The molecule has 9 nitrogen and oxygen atoms in total. The number of pyridine rings is 1. The lowest BCUT2D eigenvalue weighted by Crippen LogP contribution is -2.31. The molecule has 0 aliphatic carbocycles. The highest BCUT2D eigenvalue weighted by atomic mass is 32.2. The number of aromatic nitrogens is 2. The third kappa shape index (κ3) is 5.29. The van der Waals surface area contributed by atoms with Gasteiger partial charge in [-0.2, -0.15) is 4.31 Å². The Bertz CT molecular complexity index is 1440. The van der Waals surface area contributed by atoms with Crippen LogP contribution in [0.25, 0.3) is 10.2 Å². The molecule has 194 valence electrons. The van der Waals surface area contributed by atoms with Crippen LogP contribution in [0.15, 0.2) is 65.7 Å². The molecule has 4 aromatic rings. The smallest absolute Gasteiger partial charge is 0.260 e. The number of sulfonamides is 1. The van der Waals surface area contributed by atoms with E-state index in [2.05, 4.69) is 4.98 Å². The first-order valence-electron chi connectivity index (χ1n) is 11.7. The molecule has 37 heavy (non-hydrogen) atoms. The minimum absolute atomic E-state index is 0.137.